The second-order valence-corrected chi connectivity index (χ2v) is 9.50. The van der Waals surface area contributed by atoms with Crippen LogP contribution in [0.1, 0.15) is 48.9 Å². The van der Waals surface area contributed by atoms with E-state index in [-0.39, 0.29) is 18.0 Å². The van der Waals surface area contributed by atoms with Crippen LogP contribution in [0, 0.1) is 0 Å². The monoisotopic (exact) mass is 464 g/mol. The van der Waals surface area contributed by atoms with Crippen LogP contribution in [0.2, 0.25) is 0 Å². The van der Waals surface area contributed by atoms with E-state index in [4.69, 9.17) is 4.98 Å². The lowest BCUT2D eigenvalue weighted by molar-refractivity contribution is 0.102. The Kier molecular flexibility index (Phi) is 6.23. The zero-order valence-electron chi connectivity index (χ0n) is 19.7. The average molecular weight is 465 g/mol. The van der Waals surface area contributed by atoms with Crippen molar-refractivity contribution in [2.24, 2.45) is 0 Å². The van der Waals surface area contributed by atoms with Gasteiger partial charge in [-0.05, 0) is 64.0 Å². The Bertz CT molecular complexity index is 1080. The Morgan fingerprint density at radius 2 is 1.88 bits per heavy atom. The van der Waals surface area contributed by atoms with Crippen molar-refractivity contribution in [2.75, 3.05) is 48.0 Å². The van der Waals surface area contributed by atoms with Gasteiger partial charge < -0.3 is 31.1 Å². The van der Waals surface area contributed by atoms with Crippen LogP contribution >= 0.6 is 0 Å². The number of amides is 3. The number of benzene rings is 1. The molecule has 0 bridgehead atoms. The van der Waals surface area contributed by atoms with Crippen LogP contribution in [0.3, 0.4) is 0 Å². The normalized spacial score (nSPS) is 18.8. The lowest BCUT2D eigenvalue weighted by atomic mass is 10.0. The number of nitrogens with one attached hydrogen (secondary N) is 4. The minimum atomic E-state index is -0.290. The number of hydrogen-bond donors (Lipinski definition) is 4. The molecule has 2 aromatic rings. The van der Waals surface area contributed by atoms with Gasteiger partial charge in [-0.3, -0.25) is 4.79 Å². The van der Waals surface area contributed by atoms with Crippen molar-refractivity contribution >= 4 is 40.8 Å². The predicted octanol–water partition coefficient (Wildman–Crippen LogP) is 3.38. The summed E-state index contributed by atoms with van der Waals surface area (Å²) in [7, 11) is 4.15. The minimum Gasteiger partial charge on any atom is -0.341 e. The molecule has 2 fully saturated rings. The highest BCUT2D eigenvalue weighted by atomic mass is 16.2. The first-order valence-corrected chi connectivity index (χ1v) is 12.0. The number of hydrogen-bond acceptors (Lipinski definition) is 7. The first-order chi connectivity index (χ1) is 16.5. The van der Waals surface area contributed by atoms with Crippen LogP contribution in [-0.4, -0.2) is 66.1 Å². The molecule has 10 heteroatoms. The quantitative estimate of drug-likeness (QED) is 0.548. The lowest BCUT2D eigenvalue weighted by Crippen LogP contribution is -2.42. The third kappa shape index (κ3) is 4.77. The molecule has 1 saturated carbocycles. The van der Waals surface area contributed by atoms with Crippen LogP contribution in [0.15, 0.2) is 24.4 Å². The Balaban J connectivity index is 1.31. The standard InChI is InChI=1S/C24H32N8O2/c1-31-11-9-17(10-12-31)32(2)23-25-14-18-21(30-23)28-19-8-7-16(13-20(19)29-22(18)33)27-24(34)26-15-5-3-4-6-15/h7-8,13-15,17H,3-6,9-12H2,1-2H3,(H,29,33)(H,25,28,30)(H2,26,27,34). The molecule has 1 aromatic carbocycles. The van der Waals surface area contributed by atoms with E-state index in [1.165, 1.54) is 0 Å². The maximum absolute atomic E-state index is 12.9. The van der Waals surface area contributed by atoms with Crippen molar-refractivity contribution in [3.05, 3.63) is 30.0 Å². The Morgan fingerprint density at radius 3 is 2.65 bits per heavy atom. The fraction of sp³-hybridized carbons (Fsp3) is 0.500. The van der Waals surface area contributed by atoms with Gasteiger partial charge in [-0.25, -0.2) is 9.78 Å². The Hall–Kier alpha value is -3.40. The van der Waals surface area contributed by atoms with Gasteiger partial charge in [0.25, 0.3) is 5.91 Å². The van der Waals surface area contributed by atoms with E-state index in [0.717, 1.165) is 51.6 Å². The van der Waals surface area contributed by atoms with E-state index in [1.54, 1.807) is 12.3 Å². The van der Waals surface area contributed by atoms with Gasteiger partial charge in [0.2, 0.25) is 5.95 Å². The molecule has 1 saturated heterocycles. The van der Waals surface area contributed by atoms with Gasteiger partial charge >= 0.3 is 6.03 Å². The number of aromatic nitrogens is 2. The molecule has 180 valence electrons. The van der Waals surface area contributed by atoms with Crippen molar-refractivity contribution in [3.63, 3.8) is 0 Å². The highest BCUT2D eigenvalue weighted by Crippen LogP contribution is 2.34. The smallest absolute Gasteiger partial charge is 0.319 e. The lowest BCUT2D eigenvalue weighted by Gasteiger charge is -2.35. The molecule has 3 heterocycles. The van der Waals surface area contributed by atoms with E-state index < -0.39 is 0 Å². The molecule has 34 heavy (non-hydrogen) atoms. The summed E-state index contributed by atoms with van der Waals surface area (Å²) in [6.07, 6.45) is 8.02. The third-order valence-corrected chi connectivity index (χ3v) is 7.04. The topological polar surface area (TPSA) is 115 Å². The summed E-state index contributed by atoms with van der Waals surface area (Å²) in [4.78, 5) is 38.9. The SMILES string of the molecule is CN1CCC(N(C)c2ncc3c(n2)Nc2ccc(NC(=O)NC4CCCC4)cc2NC3=O)CC1. The van der Waals surface area contributed by atoms with Gasteiger partial charge in [-0.2, -0.15) is 4.98 Å². The summed E-state index contributed by atoms with van der Waals surface area (Å²) in [5, 5.41) is 12.1. The number of fused-ring (bicyclic) bond motifs is 2. The van der Waals surface area contributed by atoms with Gasteiger partial charge in [0, 0.05) is 31.0 Å². The van der Waals surface area contributed by atoms with Gasteiger partial charge in [0.15, 0.2) is 0 Å². The van der Waals surface area contributed by atoms with Gasteiger partial charge in [-0.15, -0.1) is 0 Å². The molecule has 4 N–H and O–H groups in total. The zero-order valence-corrected chi connectivity index (χ0v) is 19.7. The molecule has 2 aliphatic heterocycles. The van der Waals surface area contributed by atoms with Crippen molar-refractivity contribution in [1.82, 2.24) is 20.2 Å². The minimum absolute atomic E-state index is 0.226. The maximum Gasteiger partial charge on any atom is 0.319 e. The number of carbonyl (C=O) groups is 2. The number of piperidine rings is 1. The first-order valence-electron chi connectivity index (χ1n) is 12.0. The van der Waals surface area contributed by atoms with Crippen LogP contribution in [-0.2, 0) is 0 Å². The van der Waals surface area contributed by atoms with Crippen LogP contribution < -0.4 is 26.2 Å². The molecule has 0 atom stereocenters. The zero-order chi connectivity index (χ0) is 23.7. The number of rotatable bonds is 4. The molecular weight excluding hydrogens is 432 g/mol. The second kappa shape index (κ2) is 9.46. The van der Waals surface area contributed by atoms with E-state index >= 15 is 0 Å². The van der Waals surface area contributed by atoms with Gasteiger partial charge in [-0.1, -0.05) is 12.8 Å². The summed E-state index contributed by atoms with van der Waals surface area (Å²) < 4.78 is 0. The highest BCUT2D eigenvalue weighted by molar-refractivity contribution is 6.11. The molecule has 3 amide bonds. The van der Waals surface area contributed by atoms with Crippen molar-refractivity contribution < 1.29 is 9.59 Å². The van der Waals surface area contributed by atoms with Crippen LogP contribution in [0.5, 0.6) is 0 Å². The summed E-state index contributed by atoms with van der Waals surface area (Å²) in [5.41, 5.74) is 2.27. The van der Waals surface area contributed by atoms with Gasteiger partial charge in [0.05, 0.1) is 11.4 Å². The largest absolute Gasteiger partial charge is 0.341 e. The molecule has 10 nitrogen and oxygen atoms in total. The first kappa shape index (κ1) is 22.4. The van der Waals surface area contributed by atoms with E-state index in [1.807, 2.05) is 19.2 Å². The van der Waals surface area contributed by atoms with Crippen LogP contribution in [0.4, 0.5) is 33.6 Å². The van der Waals surface area contributed by atoms with Gasteiger partial charge in [0.1, 0.15) is 11.4 Å². The average Bonchev–Trinajstić information content (AvgIpc) is 3.28. The van der Waals surface area contributed by atoms with E-state index in [9.17, 15) is 9.59 Å². The van der Waals surface area contributed by atoms with E-state index in [0.29, 0.717) is 40.4 Å². The summed E-state index contributed by atoms with van der Waals surface area (Å²) in [6, 6.07) is 5.76. The fourth-order valence-corrected chi connectivity index (χ4v) is 4.92. The molecule has 0 radical (unpaired) electrons. The number of anilines is 5. The van der Waals surface area contributed by atoms with Crippen molar-refractivity contribution in [1.29, 1.82) is 0 Å². The highest BCUT2D eigenvalue weighted by Gasteiger charge is 2.26. The summed E-state index contributed by atoms with van der Waals surface area (Å²) >= 11 is 0. The molecular formula is C24H32N8O2. The van der Waals surface area contributed by atoms with Crippen molar-refractivity contribution in [3.8, 4) is 0 Å². The van der Waals surface area contributed by atoms with E-state index in [2.05, 4.69) is 43.1 Å². The maximum atomic E-state index is 12.9. The Labute approximate surface area is 199 Å². The molecule has 0 spiro atoms. The number of likely N-dealkylation sites (tertiary alicyclic amines) is 1. The molecule has 1 aromatic heterocycles. The number of nitrogens with zero attached hydrogens (tertiary/aromatic N) is 4. The van der Waals surface area contributed by atoms with Crippen LogP contribution in [0.25, 0.3) is 0 Å². The third-order valence-electron chi connectivity index (χ3n) is 7.04. The molecule has 0 unspecified atom stereocenters. The number of carbonyl (C=O) groups excluding carboxylic acids is 2. The number of urea groups is 1. The fourth-order valence-electron chi connectivity index (χ4n) is 4.92. The Morgan fingerprint density at radius 1 is 1.12 bits per heavy atom. The summed E-state index contributed by atoms with van der Waals surface area (Å²) in [5.74, 6) is 0.780. The molecule has 5 rings (SSSR count). The second-order valence-electron chi connectivity index (χ2n) is 9.50. The molecule has 3 aliphatic rings. The van der Waals surface area contributed by atoms with Crippen molar-refractivity contribution in [2.45, 2.75) is 50.6 Å². The predicted molar refractivity (Wildman–Crippen MR) is 133 cm³/mol. The summed E-state index contributed by atoms with van der Waals surface area (Å²) in [6.45, 7) is 2.09. The molecule has 1 aliphatic carbocycles.